The topological polar surface area (TPSA) is 76.0 Å². The zero-order valence-electron chi connectivity index (χ0n) is 10.9. The number of fused-ring (bicyclic) bond motifs is 3. The number of thiophene rings is 1. The molecule has 0 fully saturated rings. The van der Waals surface area contributed by atoms with Gasteiger partial charge in [-0.2, -0.15) is 0 Å². The zero-order valence-corrected chi connectivity index (χ0v) is 12.5. The Morgan fingerprint density at radius 2 is 2.20 bits per heavy atom. The van der Waals surface area contributed by atoms with Gasteiger partial charge in [0, 0.05) is 11.1 Å². The van der Waals surface area contributed by atoms with Crippen molar-refractivity contribution in [2.24, 2.45) is 0 Å². The second-order valence-corrected chi connectivity index (χ2v) is 6.36. The molecule has 0 unspecified atom stereocenters. The van der Waals surface area contributed by atoms with Gasteiger partial charge in [-0.05, 0) is 25.5 Å². The van der Waals surface area contributed by atoms with Crippen LogP contribution < -0.4 is 0 Å². The summed E-state index contributed by atoms with van der Waals surface area (Å²) in [6.45, 7) is 4.00. The lowest BCUT2D eigenvalue weighted by molar-refractivity contribution is -0.133. The number of hydrogen-bond acceptors (Lipinski definition) is 6. The van der Waals surface area contributed by atoms with Gasteiger partial charge in [0.1, 0.15) is 16.2 Å². The largest absolute Gasteiger partial charge is 0.481 e. The molecule has 3 aromatic rings. The van der Waals surface area contributed by atoms with Crippen molar-refractivity contribution in [1.29, 1.82) is 0 Å². The van der Waals surface area contributed by atoms with Crippen LogP contribution in [0.2, 0.25) is 0 Å². The first-order valence-corrected chi connectivity index (χ1v) is 7.72. The van der Waals surface area contributed by atoms with Crippen LogP contribution in [0.15, 0.2) is 17.4 Å². The van der Waals surface area contributed by atoms with Crippen molar-refractivity contribution in [3.63, 3.8) is 0 Å². The average molecular weight is 305 g/mol. The molecule has 0 spiro atoms. The SMILES string of the molecule is Cc1cc(C)c2c(n1)sc1c(SCC(=O)O)ncnc12. The third-order valence-corrected chi connectivity index (χ3v) is 5.03. The molecule has 0 aliphatic rings. The number of pyridine rings is 1. The smallest absolute Gasteiger partial charge is 0.313 e. The fourth-order valence-electron chi connectivity index (χ4n) is 2.12. The number of aromatic nitrogens is 3. The summed E-state index contributed by atoms with van der Waals surface area (Å²) in [4.78, 5) is 24.7. The van der Waals surface area contributed by atoms with Crippen molar-refractivity contribution >= 4 is 49.5 Å². The van der Waals surface area contributed by atoms with Gasteiger partial charge >= 0.3 is 5.97 Å². The molecule has 5 nitrogen and oxygen atoms in total. The van der Waals surface area contributed by atoms with Gasteiger partial charge < -0.3 is 5.11 Å². The predicted molar refractivity (Wildman–Crippen MR) is 80.5 cm³/mol. The molecule has 0 aliphatic heterocycles. The Morgan fingerprint density at radius 1 is 1.40 bits per heavy atom. The third-order valence-electron chi connectivity index (χ3n) is 2.85. The summed E-state index contributed by atoms with van der Waals surface area (Å²) in [7, 11) is 0. The van der Waals surface area contributed by atoms with Gasteiger partial charge in [-0.25, -0.2) is 15.0 Å². The highest BCUT2D eigenvalue weighted by molar-refractivity contribution is 8.00. The van der Waals surface area contributed by atoms with Crippen molar-refractivity contribution in [2.75, 3.05) is 5.75 Å². The molecule has 0 radical (unpaired) electrons. The molecule has 20 heavy (non-hydrogen) atoms. The molecule has 0 atom stereocenters. The number of aliphatic carboxylic acids is 1. The molecule has 0 aliphatic carbocycles. The van der Waals surface area contributed by atoms with Crippen LogP contribution >= 0.6 is 23.1 Å². The van der Waals surface area contributed by atoms with E-state index in [1.807, 2.05) is 19.9 Å². The van der Waals surface area contributed by atoms with Gasteiger partial charge in [0.25, 0.3) is 0 Å². The second-order valence-electron chi connectivity index (χ2n) is 4.40. The Kier molecular flexibility index (Phi) is 3.31. The van der Waals surface area contributed by atoms with Gasteiger partial charge in [0.15, 0.2) is 0 Å². The van der Waals surface area contributed by atoms with Crippen LogP contribution in [0.25, 0.3) is 20.4 Å². The first kappa shape index (κ1) is 13.3. The molecule has 7 heteroatoms. The minimum atomic E-state index is -0.854. The molecule has 1 N–H and O–H groups in total. The van der Waals surface area contributed by atoms with Crippen LogP contribution in [-0.2, 0) is 4.79 Å². The highest BCUT2D eigenvalue weighted by atomic mass is 32.2. The van der Waals surface area contributed by atoms with E-state index in [1.54, 1.807) is 0 Å². The number of rotatable bonds is 3. The Hall–Kier alpha value is -1.73. The number of hydrogen-bond donors (Lipinski definition) is 1. The molecule has 102 valence electrons. The van der Waals surface area contributed by atoms with E-state index in [9.17, 15) is 4.79 Å². The van der Waals surface area contributed by atoms with Crippen molar-refractivity contribution < 1.29 is 9.90 Å². The quantitative estimate of drug-likeness (QED) is 0.592. The Bertz CT molecular complexity index is 829. The van der Waals surface area contributed by atoms with E-state index in [0.29, 0.717) is 5.03 Å². The molecule has 3 heterocycles. The van der Waals surface area contributed by atoms with Crippen LogP contribution in [0, 0.1) is 13.8 Å². The van der Waals surface area contributed by atoms with Crippen molar-refractivity contribution in [3.8, 4) is 0 Å². The Balaban J connectivity index is 2.25. The van der Waals surface area contributed by atoms with E-state index in [0.717, 1.165) is 31.7 Å². The van der Waals surface area contributed by atoms with Crippen molar-refractivity contribution in [2.45, 2.75) is 18.9 Å². The highest BCUT2D eigenvalue weighted by Crippen LogP contribution is 2.37. The minimum absolute atomic E-state index is 0.00814. The summed E-state index contributed by atoms with van der Waals surface area (Å²) in [5, 5.41) is 10.5. The fourth-order valence-corrected chi connectivity index (χ4v) is 4.17. The van der Waals surface area contributed by atoms with Crippen molar-refractivity contribution in [3.05, 3.63) is 23.7 Å². The Morgan fingerprint density at radius 3 is 2.95 bits per heavy atom. The summed E-state index contributed by atoms with van der Waals surface area (Å²) < 4.78 is 0.912. The molecule has 0 saturated carbocycles. The number of thioether (sulfide) groups is 1. The lowest BCUT2D eigenvalue weighted by atomic mass is 10.1. The standard InChI is InChI=1S/C13H11N3O2S2/c1-6-3-7(2)16-12-9(6)10-11(20-12)13(15-5-14-10)19-4-8(17)18/h3,5H,4H2,1-2H3,(H,17,18). The second kappa shape index (κ2) is 4.99. The molecule has 0 amide bonds. The summed E-state index contributed by atoms with van der Waals surface area (Å²) in [5.41, 5.74) is 2.96. The van der Waals surface area contributed by atoms with Crippen LogP contribution in [0.1, 0.15) is 11.3 Å². The van der Waals surface area contributed by atoms with E-state index >= 15 is 0 Å². The van der Waals surface area contributed by atoms with Gasteiger partial charge in [-0.15, -0.1) is 11.3 Å². The lowest BCUT2D eigenvalue weighted by Gasteiger charge is -1.99. The minimum Gasteiger partial charge on any atom is -0.481 e. The molecule has 0 aromatic carbocycles. The summed E-state index contributed by atoms with van der Waals surface area (Å²) in [5.74, 6) is -0.862. The van der Waals surface area contributed by atoms with Crippen molar-refractivity contribution in [1.82, 2.24) is 15.0 Å². The van der Waals surface area contributed by atoms with E-state index in [1.165, 1.54) is 29.4 Å². The van der Waals surface area contributed by atoms with Gasteiger partial charge in [-0.1, -0.05) is 11.8 Å². The van der Waals surface area contributed by atoms with Crippen LogP contribution in [0.4, 0.5) is 0 Å². The summed E-state index contributed by atoms with van der Waals surface area (Å²) in [6, 6.07) is 2.03. The fraction of sp³-hybridized carbons (Fsp3) is 0.231. The molecule has 0 bridgehead atoms. The first-order valence-electron chi connectivity index (χ1n) is 5.92. The maximum atomic E-state index is 10.7. The summed E-state index contributed by atoms with van der Waals surface area (Å²) >= 11 is 2.73. The van der Waals surface area contributed by atoms with Gasteiger partial charge in [-0.3, -0.25) is 4.79 Å². The van der Waals surface area contributed by atoms with E-state index in [2.05, 4.69) is 15.0 Å². The number of carboxylic acid groups (broad SMARTS) is 1. The molecular weight excluding hydrogens is 294 g/mol. The number of nitrogens with zero attached hydrogens (tertiary/aromatic N) is 3. The molecule has 3 rings (SSSR count). The van der Waals surface area contributed by atoms with Gasteiger partial charge in [0.05, 0.1) is 16.0 Å². The zero-order chi connectivity index (χ0) is 14.3. The van der Waals surface area contributed by atoms with E-state index < -0.39 is 5.97 Å². The van der Waals surface area contributed by atoms with Crippen LogP contribution in [0.5, 0.6) is 0 Å². The lowest BCUT2D eigenvalue weighted by Crippen LogP contribution is -1.98. The van der Waals surface area contributed by atoms with E-state index in [4.69, 9.17) is 5.11 Å². The molecule has 3 aromatic heterocycles. The maximum absolute atomic E-state index is 10.7. The highest BCUT2D eigenvalue weighted by Gasteiger charge is 2.15. The molecule has 0 saturated heterocycles. The third kappa shape index (κ3) is 2.23. The predicted octanol–water partition coefficient (Wildman–Crippen LogP) is 3.03. The van der Waals surface area contributed by atoms with Gasteiger partial charge in [0.2, 0.25) is 0 Å². The van der Waals surface area contributed by atoms with Crippen LogP contribution in [-0.4, -0.2) is 31.8 Å². The summed E-state index contributed by atoms with van der Waals surface area (Å²) in [6.07, 6.45) is 1.48. The van der Waals surface area contributed by atoms with E-state index in [-0.39, 0.29) is 5.75 Å². The maximum Gasteiger partial charge on any atom is 0.313 e. The number of carbonyl (C=O) groups is 1. The average Bonchev–Trinajstić information content (AvgIpc) is 2.74. The molecular formula is C13H11N3O2S2. The number of carboxylic acids is 1. The number of aryl methyl sites for hydroxylation is 2. The normalized spacial score (nSPS) is 11.3. The van der Waals surface area contributed by atoms with Crippen LogP contribution in [0.3, 0.4) is 0 Å². The first-order chi connectivity index (χ1) is 9.56. The Labute approximate surface area is 123 Å². The monoisotopic (exact) mass is 305 g/mol.